The molecule has 1 heterocycles. The van der Waals surface area contributed by atoms with Gasteiger partial charge in [-0.2, -0.15) is 0 Å². The zero-order valence-electron chi connectivity index (χ0n) is 15.1. The van der Waals surface area contributed by atoms with Crippen molar-refractivity contribution >= 4 is 11.6 Å². The van der Waals surface area contributed by atoms with E-state index in [2.05, 4.69) is 10.2 Å². The maximum Gasteiger partial charge on any atom is 0.255 e. The summed E-state index contributed by atoms with van der Waals surface area (Å²) in [6, 6.07) is 8.64. The molecule has 0 bridgehead atoms. The predicted octanol–water partition coefficient (Wildman–Crippen LogP) is 3.97. The van der Waals surface area contributed by atoms with Gasteiger partial charge in [-0.25, -0.2) is 13.2 Å². The Kier molecular flexibility index (Phi) is 5.82. The summed E-state index contributed by atoms with van der Waals surface area (Å²) in [5, 5.41) is 2.26. The lowest BCUT2D eigenvalue weighted by Crippen LogP contribution is -2.44. The lowest BCUT2D eigenvalue weighted by molar-refractivity contribution is -0.0704. The van der Waals surface area contributed by atoms with Gasteiger partial charge in [-0.15, -0.1) is 0 Å². The highest BCUT2D eigenvalue weighted by atomic mass is 19.2. The molecule has 0 spiro atoms. The number of benzene rings is 2. The molecule has 7 heteroatoms. The molecular weight excluding hydrogens is 357 g/mol. The summed E-state index contributed by atoms with van der Waals surface area (Å²) in [4.78, 5) is 14.5. The van der Waals surface area contributed by atoms with Crippen molar-refractivity contribution in [3.05, 3.63) is 65.0 Å². The minimum absolute atomic E-state index is 0.171. The van der Waals surface area contributed by atoms with E-state index in [0.29, 0.717) is 5.56 Å². The molecule has 2 aromatic carbocycles. The topological polar surface area (TPSA) is 41.6 Å². The van der Waals surface area contributed by atoms with Crippen molar-refractivity contribution in [3.63, 3.8) is 0 Å². The molecule has 27 heavy (non-hydrogen) atoms. The van der Waals surface area contributed by atoms with Crippen LogP contribution >= 0.6 is 0 Å². The number of carbonyl (C=O) groups is 1. The smallest absolute Gasteiger partial charge is 0.255 e. The number of rotatable bonds is 4. The summed E-state index contributed by atoms with van der Waals surface area (Å²) in [6.07, 6.45) is 0.342. The number of anilines is 1. The van der Waals surface area contributed by atoms with E-state index < -0.39 is 29.0 Å². The number of ether oxygens (including phenoxy) is 1. The first-order valence-corrected chi connectivity index (χ1v) is 8.75. The molecule has 0 aromatic heterocycles. The number of amides is 1. The molecule has 2 unspecified atom stereocenters. The van der Waals surface area contributed by atoms with Crippen molar-refractivity contribution in [3.8, 4) is 0 Å². The summed E-state index contributed by atoms with van der Waals surface area (Å²) in [7, 11) is 0. The zero-order valence-corrected chi connectivity index (χ0v) is 15.1. The number of morpholine rings is 1. The lowest BCUT2D eigenvalue weighted by atomic mass is 10.1. The first-order chi connectivity index (χ1) is 12.8. The van der Waals surface area contributed by atoms with Crippen molar-refractivity contribution in [2.45, 2.75) is 32.6 Å². The van der Waals surface area contributed by atoms with Crippen molar-refractivity contribution < 1.29 is 22.7 Å². The Morgan fingerprint density at radius 3 is 2.30 bits per heavy atom. The fourth-order valence-electron chi connectivity index (χ4n) is 3.25. The molecule has 2 aromatic rings. The lowest BCUT2D eigenvalue weighted by Gasteiger charge is -2.35. The fraction of sp³-hybridized carbons (Fsp3) is 0.350. The number of halogens is 3. The first kappa shape index (κ1) is 19.4. The van der Waals surface area contributed by atoms with Crippen molar-refractivity contribution in [1.82, 2.24) is 4.90 Å². The van der Waals surface area contributed by atoms with Gasteiger partial charge in [-0.05, 0) is 43.7 Å². The van der Waals surface area contributed by atoms with Crippen molar-refractivity contribution in [1.29, 1.82) is 0 Å². The van der Waals surface area contributed by atoms with Gasteiger partial charge in [0.25, 0.3) is 5.91 Å². The Balaban J connectivity index is 1.65. The van der Waals surface area contributed by atoms with Gasteiger partial charge in [-0.1, -0.05) is 12.1 Å². The fourth-order valence-corrected chi connectivity index (χ4v) is 3.25. The Bertz CT molecular complexity index is 817. The largest absolute Gasteiger partial charge is 0.373 e. The second kappa shape index (κ2) is 8.10. The van der Waals surface area contributed by atoms with E-state index in [1.165, 1.54) is 0 Å². The highest BCUT2D eigenvalue weighted by molar-refractivity contribution is 6.04. The van der Waals surface area contributed by atoms with Crippen LogP contribution in [0.1, 0.15) is 29.8 Å². The van der Waals surface area contributed by atoms with Gasteiger partial charge >= 0.3 is 0 Å². The summed E-state index contributed by atoms with van der Waals surface area (Å²) in [5.74, 6) is -4.94. The number of carbonyl (C=O) groups excluding carboxylic acids is 1. The minimum atomic E-state index is -1.61. The van der Waals surface area contributed by atoms with Crippen LogP contribution in [0.5, 0.6) is 0 Å². The molecule has 3 rings (SSSR count). The van der Waals surface area contributed by atoms with Gasteiger partial charge in [0.05, 0.1) is 17.9 Å². The Hall–Kier alpha value is -2.38. The van der Waals surface area contributed by atoms with Gasteiger partial charge < -0.3 is 10.1 Å². The quantitative estimate of drug-likeness (QED) is 0.819. The zero-order chi connectivity index (χ0) is 19.6. The molecule has 1 N–H and O–H groups in total. The van der Waals surface area contributed by atoms with Crippen LogP contribution < -0.4 is 5.32 Å². The summed E-state index contributed by atoms with van der Waals surface area (Å²) < 4.78 is 45.6. The molecule has 1 saturated heterocycles. The summed E-state index contributed by atoms with van der Waals surface area (Å²) >= 11 is 0. The normalized spacial score (nSPS) is 20.5. The summed E-state index contributed by atoms with van der Waals surface area (Å²) in [6.45, 7) is 6.47. The average Bonchev–Trinajstić information content (AvgIpc) is 2.62. The van der Waals surface area contributed by atoms with Crippen molar-refractivity contribution in [2.24, 2.45) is 0 Å². The molecule has 1 fully saturated rings. The van der Waals surface area contributed by atoms with E-state index in [-0.39, 0.29) is 12.2 Å². The van der Waals surface area contributed by atoms with E-state index in [9.17, 15) is 18.0 Å². The monoisotopic (exact) mass is 378 g/mol. The van der Waals surface area contributed by atoms with Gasteiger partial charge in [-0.3, -0.25) is 9.69 Å². The second-order valence-electron chi connectivity index (χ2n) is 6.83. The maximum absolute atomic E-state index is 13.7. The van der Waals surface area contributed by atoms with E-state index in [0.717, 1.165) is 37.3 Å². The standard InChI is InChI=1S/C20H21F3N2O2/c1-12-9-25(10-13(2)27-12)11-14-3-5-15(6-4-14)20(26)24-17-8-7-16(21)18(22)19(17)23/h3-8,12-13H,9-11H2,1-2H3,(H,24,26). The highest BCUT2D eigenvalue weighted by Crippen LogP contribution is 2.21. The van der Waals surface area contributed by atoms with Gasteiger partial charge in [0.15, 0.2) is 17.5 Å². The number of nitrogens with one attached hydrogen (secondary N) is 1. The second-order valence-corrected chi connectivity index (χ2v) is 6.83. The molecule has 4 nitrogen and oxygen atoms in total. The highest BCUT2D eigenvalue weighted by Gasteiger charge is 2.22. The Morgan fingerprint density at radius 2 is 1.67 bits per heavy atom. The molecule has 0 aliphatic carbocycles. The predicted molar refractivity (Wildman–Crippen MR) is 96.0 cm³/mol. The van der Waals surface area contributed by atoms with Crippen LogP contribution in [-0.2, 0) is 11.3 Å². The SMILES string of the molecule is CC1CN(Cc2ccc(C(=O)Nc3ccc(F)c(F)c3F)cc2)CC(C)O1. The van der Waals surface area contributed by atoms with Crippen LogP contribution in [0.25, 0.3) is 0 Å². The third kappa shape index (κ3) is 4.67. The third-order valence-electron chi connectivity index (χ3n) is 4.40. The van der Waals surface area contributed by atoms with E-state index >= 15 is 0 Å². The first-order valence-electron chi connectivity index (χ1n) is 8.75. The number of hydrogen-bond acceptors (Lipinski definition) is 3. The van der Waals surface area contributed by atoms with Gasteiger partial charge in [0, 0.05) is 25.2 Å². The van der Waals surface area contributed by atoms with Crippen LogP contribution in [0.15, 0.2) is 36.4 Å². The molecule has 0 radical (unpaired) electrons. The van der Waals surface area contributed by atoms with Crippen LogP contribution in [0, 0.1) is 17.5 Å². The number of nitrogens with zero attached hydrogens (tertiary/aromatic N) is 1. The molecule has 144 valence electrons. The van der Waals surface area contributed by atoms with Crippen LogP contribution in [0.2, 0.25) is 0 Å². The molecule has 1 aliphatic rings. The molecule has 1 aliphatic heterocycles. The molecule has 0 saturated carbocycles. The van der Waals surface area contributed by atoms with Crippen molar-refractivity contribution in [2.75, 3.05) is 18.4 Å². The van der Waals surface area contributed by atoms with Crippen LogP contribution in [0.4, 0.5) is 18.9 Å². The molecule has 2 atom stereocenters. The van der Waals surface area contributed by atoms with E-state index in [4.69, 9.17) is 4.74 Å². The average molecular weight is 378 g/mol. The Morgan fingerprint density at radius 1 is 1.04 bits per heavy atom. The molecule has 1 amide bonds. The minimum Gasteiger partial charge on any atom is -0.373 e. The third-order valence-corrected chi connectivity index (χ3v) is 4.40. The number of hydrogen-bond donors (Lipinski definition) is 1. The van der Waals surface area contributed by atoms with E-state index in [1.54, 1.807) is 12.1 Å². The van der Waals surface area contributed by atoms with E-state index in [1.807, 2.05) is 26.0 Å². The van der Waals surface area contributed by atoms with Crippen LogP contribution in [0.3, 0.4) is 0 Å². The Labute approximate surface area is 155 Å². The van der Waals surface area contributed by atoms with Gasteiger partial charge in [0.2, 0.25) is 0 Å². The van der Waals surface area contributed by atoms with Crippen LogP contribution in [-0.4, -0.2) is 36.1 Å². The molecular formula is C20H21F3N2O2. The maximum atomic E-state index is 13.7. The van der Waals surface area contributed by atoms with Gasteiger partial charge in [0.1, 0.15) is 0 Å². The summed E-state index contributed by atoms with van der Waals surface area (Å²) in [5.41, 5.74) is 0.928.